The van der Waals surface area contributed by atoms with E-state index < -0.39 is 6.36 Å². The molecule has 0 saturated carbocycles. The molecule has 0 spiro atoms. The number of hydrogen-bond donors (Lipinski definition) is 3. The van der Waals surface area contributed by atoms with Crippen molar-refractivity contribution in [2.75, 3.05) is 38.7 Å². The Morgan fingerprint density at radius 1 is 0.974 bits per heavy atom. The minimum Gasteiger partial charge on any atom is -0.406 e. The number of rotatable bonds is 15. The lowest BCUT2D eigenvalue weighted by molar-refractivity contribution is -0.274. The summed E-state index contributed by atoms with van der Waals surface area (Å²) in [5, 5.41) is 22.5. The Kier molecular flexibility index (Phi) is 9.51. The molecule has 0 aliphatic heterocycles. The number of ether oxygens (including phenoxy) is 3. The van der Waals surface area contributed by atoms with Gasteiger partial charge in [-0.25, -0.2) is 0 Å². The van der Waals surface area contributed by atoms with Gasteiger partial charge in [0.25, 0.3) is 0 Å². The molecule has 0 fully saturated rings. The molecule has 4 rings (SSSR count). The molecule has 13 heteroatoms. The molecule has 204 valence electrons. The third-order valence-electron chi connectivity index (χ3n) is 5.61. The lowest BCUT2D eigenvalue weighted by Crippen LogP contribution is -2.18. The van der Waals surface area contributed by atoms with Gasteiger partial charge in [-0.2, -0.15) is 5.10 Å². The summed E-state index contributed by atoms with van der Waals surface area (Å²) < 4.78 is 54.5. The molecule has 0 aliphatic carbocycles. The Morgan fingerprint density at radius 3 is 2.58 bits per heavy atom. The highest BCUT2D eigenvalue weighted by atomic mass is 19.4. The zero-order valence-corrected chi connectivity index (χ0v) is 20.9. The van der Waals surface area contributed by atoms with Gasteiger partial charge in [-0.15, -0.1) is 23.4 Å². The van der Waals surface area contributed by atoms with Crippen molar-refractivity contribution in [3.8, 4) is 11.4 Å². The molecular formula is C25H30F3N7O3. The molecule has 4 aromatic rings. The quantitative estimate of drug-likeness (QED) is 0.195. The zero-order chi connectivity index (χ0) is 26.8. The second-order valence-corrected chi connectivity index (χ2v) is 8.58. The summed E-state index contributed by atoms with van der Waals surface area (Å²) in [5.74, 6) is -0.246. The van der Waals surface area contributed by atoms with Crippen LogP contribution in [0.1, 0.15) is 24.0 Å². The molecule has 0 bridgehead atoms. The van der Waals surface area contributed by atoms with Crippen molar-refractivity contribution in [2.45, 2.75) is 32.4 Å². The molecule has 38 heavy (non-hydrogen) atoms. The minimum atomic E-state index is -4.74. The van der Waals surface area contributed by atoms with E-state index in [1.54, 1.807) is 24.9 Å². The van der Waals surface area contributed by atoms with Crippen LogP contribution in [0.5, 0.6) is 5.75 Å². The number of aromatic nitrogens is 5. The molecule has 3 N–H and O–H groups in total. The Labute approximate surface area is 217 Å². The zero-order valence-electron chi connectivity index (χ0n) is 20.9. The van der Waals surface area contributed by atoms with E-state index in [0.29, 0.717) is 44.0 Å². The van der Waals surface area contributed by atoms with E-state index in [0.717, 1.165) is 35.1 Å². The highest BCUT2D eigenvalue weighted by molar-refractivity contribution is 5.93. The van der Waals surface area contributed by atoms with E-state index >= 15 is 0 Å². The molecule has 0 atom stereocenters. The van der Waals surface area contributed by atoms with Gasteiger partial charge in [-0.1, -0.05) is 6.07 Å². The monoisotopic (exact) mass is 533 g/mol. The Bertz CT molecular complexity index is 1280. The van der Waals surface area contributed by atoms with Crippen LogP contribution in [0.3, 0.4) is 0 Å². The third-order valence-corrected chi connectivity index (χ3v) is 5.61. The summed E-state index contributed by atoms with van der Waals surface area (Å²) >= 11 is 0. The van der Waals surface area contributed by atoms with E-state index in [1.807, 2.05) is 16.7 Å². The average Bonchev–Trinajstić information content (AvgIpc) is 3.56. The Balaban J connectivity index is 1.13. The molecule has 0 saturated heterocycles. The number of unbranched alkanes of at least 4 members (excludes halogenated alkanes) is 1. The van der Waals surface area contributed by atoms with Crippen LogP contribution in [-0.2, 0) is 22.6 Å². The topological polar surface area (TPSA) is 111 Å². The maximum atomic E-state index is 12.6. The Hall–Kier alpha value is -3.68. The van der Waals surface area contributed by atoms with Crippen LogP contribution < -0.4 is 15.4 Å². The highest BCUT2D eigenvalue weighted by Crippen LogP contribution is 2.26. The number of hydrogen-bond acceptors (Lipinski definition) is 8. The lowest BCUT2D eigenvalue weighted by atomic mass is 10.1. The number of nitrogens with one attached hydrogen (secondary N) is 3. The maximum Gasteiger partial charge on any atom is 0.573 e. The molecule has 2 aromatic carbocycles. The summed E-state index contributed by atoms with van der Waals surface area (Å²) in [6.45, 7) is 3.11. The van der Waals surface area contributed by atoms with Crippen molar-refractivity contribution >= 4 is 16.6 Å². The van der Waals surface area contributed by atoms with Gasteiger partial charge < -0.3 is 24.8 Å². The Morgan fingerprint density at radius 2 is 1.79 bits per heavy atom. The number of alkyl halides is 3. The summed E-state index contributed by atoms with van der Waals surface area (Å²) in [5.41, 5.74) is 4.07. The van der Waals surface area contributed by atoms with Gasteiger partial charge in [-0.05, 0) is 54.8 Å². The van der Waals surface area contributed by atoms with Crippen molar-refractivity contribution in [1.29, 1.82) is 0 Å². The number of anilines is 1. The van der Waals surface area contributed by atoms with E-state index in [2.05, 4.69) is 35.8 Å². The first-order chi connectivity index (χ1) is 18.4. The number of H-pyrrole nitrogens is 1. The first-order valence-electron chi connectivity index (χ1n) is 12.1. The van der Waals surface area contributed by atoms with Gasteiger partial charge in [0, 0.05) is 37.9 Å². The van der Waals surface area contributed by atoms with Gasteiger partial charge in [0.1, 0.15) is 18.4 Å². The third kappa shape index (κ3) is 8.16. The van der Waals surface area contributed by atoms with Crippen LogP contribution in [0.2, 0.25) is 0 Å². The van der Waals surface area contributed by atoms with Crippen molar-refractivity contribution in [2.24, 2.45) is 0 Å². The number of aromatic amines is 1. The van der Waals surface area contributed by atoms with Crippen LogP contribution in [0.15, 0.2) is 49.2 Å². The van der Waals surface area contributed by atoms with Crippen molar-refractivity contribution in [3.63, 3.8) is 0 Å². The number of methoxy groups -OCH3 is 1. The molecule has 0 aliphatic rings. The molecule has 0 amide bonds. The number of nitrogens with zero attached hydrogens (tertiary/aromatic N) is 4. The van der Waals surface area contributed by atoms with Crippen LogP contribution in [0.25, 0.3) is 16.6 Å². The van der Waals surface area contributed by atoms with E-state index in [9.17, 15) is 13.2 Å². The fraction of sp³-hybridized carbons (Fsp3) is 0.400. The largest absolute Gasteiger partial charge is 0.573 e. The van der Waals surface area contributed by atoms with E-state index in [4.69, 9.17) is 9.47 Å². The summed E-state index contributed by atoms with van der Waals surface area (Å²) in [7, 11) is 1.49. The molecule has 2 aromatic heterocycles. The summed E-state index contributed by atoms with van der Waals surface area (Å²) in [6, 6.07) is 8.51. The van der Waals surface area contributed by atoms with Gasteiger partial charge in [0.2, 0.25) is 0 Å². The van der Waals surface area contributed by atoms with Gasteiger partial charge in [0.05, 0.1) is 30.6 Å². The SMILES string of the molecule is COCc1cc(CNCCCCOCCNc2cc(-n3cnnc3)cc3[nH]ncc23)cc(OC(F)(F)F)c1. The van der Waals surface area contributed by atoms with Crippen LogP contribution in [-0.4, -0.2) is 64.7 Å². The van der Waals surface area contributed by atoms with Crippen LogP contribution >= 0.6 is 0 Å². The van der Waals surface area contributed by atoms with E-state index in [1.165, 1.54) is 19.2 Å². The van der Waals surface area contributed by atoms with Crippen LogP contribution in [0.4, 0.5) is 18.9 Å². The fourth-order valence-electron chi connectivity index (χ4n) is 3.99. The summed E-state index contributed by atoms with van der Waals surface area (Å²) in [4.78, 5) is 0. The van der Waals surface area contributed by atoms with Gasteiger partial charge in [-0.3, -0.25) is 9.67 Å². The van der Waals surface area contributed by atoms with Crippen molar-refractivity contribution in [3.05, 3.63) is 60.3 Å². The van der Waals surface area contributed by atoms with Gasteiger partial charge >= 0.3 is 6.36 Å². The molecule has 10 nitrogen and oxygen atoms in total. The predicted molar refractivity (Wildman–Crippen MR) is 135 cm³/mol. The molecule has 2 heterocycles. The smallest absolute Gasteiger partial charge is 0.406 e. The maximum absolute atomic E-state index is 12.6. The van der Waals surface area contributed by atoms with Crippen LogP contribution in [0, 0.1) is 0 Å². The number of halogens is 3. The van der Waals surface area contributed by atoms with Gasteiger partial charge in [0.15, 0.2) is 0 Å². The first kappa shape index (κ1) is 27.4. The summed E-state index contributed by atoms with van der Waals surface area (Å²) in [6.07, 6.45) is 2.04. The van der Waals surface area contributed by atoms with E-state index in [-0.39, 0.29) is 12.4 Å². The normalized spacial score (nSPS) is 11.8. The fourth-order valence-corrected chi connectivity index (χ4v) is 3.99. The molecule has 0 unspecified atom stereocenters. The standard InChI is InChI=1S/C25H30F3N7O3/c1-36-15-19-8-18(9-21(10-19)38-25(26,27)28)13-29-4-2-3-6-37-7-5-30-23-11-20(35-16-32-33-17-35)12-24-22(23)14-31-34-24/h8-12,14,16-17,29-30H,2-7,13,15H2,1H3,(H,31,34). The predicted octanol–water partition coefficient (Wildman–Crippen LogP) is 4.19. The molecular weight excluding hydrogens is 503 g/mol. The second-order valence-electron chi connectivity index (χ2n) is 8.58. The first-order valence-corrected chi connectivity index (χ1v) is 12.1. The molecule has 0 radical (unpaired) electrons. The minimum absolute atomic E-state index is 0.203. The second kappa shape index (κ2) is 13.2. The van der Waals surface area contributed by atoms with Crippen molar-refractivity contribution < 1.29 is 27.4 Å². The number of benzene rings is 2. The van der Waals surface area contributed by atoms with Crippen molar-refractivity contribution in [1.82, 2.24) is 30.3 Å². The average molecular weight is 534 g/mol. The number of fused-ring (bicyclic) bond motifs is 1. The highest BCUT2D eigenvalue weighted by Gasteiger charge is 2.31. The lowest BCUT2D eigenvalue weighted by Gasteiger charge is -2.13.